The number of hydrogen-bond donors (Lipinski definition) is 0. The van der Waals surface area contributed by atoms with E-state index in [4.69, 9.17) is 0 Å². The number of aromatic nitrogens is 2. The average Bonchev–Trinajstić information content (AvgIpc) is 2.89. The fourth-order valence-electron chi connectivity index (χ4n) is 2.03. The van der Waals surface area contributed by atoms with Gasteiger partial charge in [0.15, 0.2) is 0 Å². The highest BCUT2D eigenvalue weighted by Gasteiger charge is 2.18. The number of rotatable bonds is 3. The van der Waals surface area contributed by atoms with Gasteiger partial charge in [-0.05, 0) is 19.8 Å². The molecule has 1 aromatic rings. The van der Waals surface area contributed by atoms with E-state index in [1.807, 2.05) is 11.8 Å². The standard InChI is InChI=1S/C11H17N3O2/c1-2-12-7-8-14(11(12)16)9-10(15)13-5-3-4-6-13/h7-8H,2-6,9H2,1H3. The molecule has 2 heterocycles. The number of likely N-dealkylation sites (tertiary alicyclic amines) is 1. The van der Waals surface area contributed by atoms with Gasteiger partial charge in [0.25, 0.3) is 0 Å². The molecule has 0 aliphatic carbocycles. The predicted molar refractivity (Wildman–Crippen MR) is 60.2 cm³/mol. The Morgan fingerprint density at radius 1 is 1.25 bits per heavy atom. The Balaban J connectivity index is 2.05. The summed E-state index contributed by atoms with van der Waals surface area (Å²) >= 11 is 0. The zero-order valence-corrected chi connectivity index (χ0v) is 9.56. The molecule has 1 fully saturated rings. The third-order valence-electron chi connectivity index (χ3n) is 3.02. The Hall–Kier alpha value is -1.52. The fourth-order valence-corrected chi connectivity index (χ4v) is 2.03. The first-order valence-corrected chi connectivity index (χ1v) is 5.75. The molecule has 0 aromatic carbocycles. The van der Waals surface area contributed by atoms with Gasteiger partial charge in [0.1, 0.15) is 6.54 Å². The van der Waals surface area contributed by atoms with Crippen LogP contribution in [-0.2, 0) is 17.9 Å². The largest absolute Gasteiger partial charge is 0.341 e. The molecule has 1 amide bonds. The maximum absolute atomic E-state index is 11.8. The molecule has 0 saturated carbocycles. The SMILES string of the molecule is CCn1ccn(CC(=O)N2CCCC2)c1=O. The second-order valence-corrected chi connectivity index (χ2v) is 4.08. The molecule has 16 heavy (non-hydrogen) atoms. The highest BCUT2D eigenvalue weighted by atomic mass is 16.2. The van der Waals surface area contributed by atoms with Gasteiger partial charge in [0.05, 0.1) is 0 Å². The van der Waals surface area contributed by atoms with Crippen LogP contribution in [0.4, 0.5) is 0 Å². The van der Waals surface area contributed by atoms with E-state index in [2.05, 4.69) is 0 Å². The lowest BCUT2D eigenvalue weighted by Crippen LogP contribution is -2.34. The Morgan fingerprint density at radius 3 is 2.44 bits per heavy atom. The summed E-state index contributed by atoms with van der Waals surface area (Å²) in [6.45, 7) is 4.40. The van der Waals surface area contributed by atoms with Gasteiger partial charge >= 0.3 is 5.69 Å². The second-order valence-electron chi connectivity index (χ2n) is 4.08. The lowest BCUT2D eigenvalue weighted by atomic mass is 10.4. The van der Waals surface area contributed by atoms with Crippen molar-refractivity contribution in [2.24, 2.45) is 0 Å². The van der Waals surface area contributed by atoms with Crippen molar-refractivity contribution >= 4 is 5.91 Å². The number of amides is 1. The first-order valence-electron chi connectivity index (χ1n) is 5.75. The number of carbonyl (C=O) groups excluding carboxylic acids is 1. The zero-order valence-electron chi connectivity index (χ0n) is 9.56. The van der Waals surface area contributed by atoms with Crippen molar-refractivity contribution in [2.75, 3.05) is 13.1 Å². The van der Waals surface area contributed by atoms with Crippen LogP contribution in [0.15, 0.2) is 17.2 Å². The molecule has 0 N–H and O–H groups in total. The van der Waals surface area contributed by atoms with Crippen LogP contribution in [0.1, 0.15) is 19.8 Å². The number of carbonyl (C=O) groups is 1. The van der Waals surface area contributed by atoms with E-state index >= 15 is 0 Å². The minimum Gasteiger partial charge on any atom is -0.341 e. The monoisotopic (exact) mass is 223 g/mol. The maximum Gasteiger partial charge on any atom is 0.328 e. The van der Waals surface area contributed by atoms with E-state index in [9.17, 15) is 9.59 Å². The zero-order chi connectivity index (χ0) is 11.5. The van der Waals surface area contributed by atoms with E-state index in [0.717, 1.165) is 25.9 Å². The molecule has 0 atom stereocenters. The topological polar surface area (TPSA) is 47.2 Å². The minimum absolute atomic E-state index is 0.0495. The minimum atomic E-state index is -0.102. The summed E-state index contributed by atoms with van der Waals surface area (Å²) in [6, 6.07) is 0. The van der Waals surface area contributed by atoms with Crippen LogP contribution in [0.5, 0.6) is 0 Å². The van der Waals surface area contributed by atoms with E-state index in [-0.39, 0.29) is 18.1 Å². The van der Waals surface area contributed by atoms with Gasteiger partial charge < -0.3 is 4.90 Å². The number of imidazole rings is 1. The van der Waals surface area contributed by atoms with Gasteiger partial charge in [-0.3, -0.25) is 13.9 Å². The van der Waals surface area contributed by atoms with Crippen LogP contribution in [0.25, 0.3) is 0 Å². The molecule has 88 valence electrons. The Kier molecular flexibility index (Phi) is 3.12. The van der Waals surface area contributed by atoms with Crippen molar-refractivity contribution in [1.82, 2.24) is 14.0 Å². The number of nitrogens with zero attached hydrogens (tertiary/aromatic N) is 3. The number of hydrogen-bond acceptors (Lipinski definition) is 2. The van der Waals surface area contributed by atoms with Crippen LogP contribution in [0.2, 0.25) is 0 Å². The van der Waals surface area contributed by atoms with Gasteiger partial charge in [-0.25, -0.2) is 4.79 Å². The third-order valence-corrected chi connectivity index (χ3v) is 3.02. The quantitative estimate of drug-likeness (QED) is 0.739. The molecule has 0 spiro atoms. The van der Waals surface area contributed by atoms with E-state index in [1.165, 1.54) is 4.57 Å². The molecule has 1 aliphatic rings. The van der Waals surface area contributed by atoms with Gasteiger partial charge in [-0.1, -0.05) is 0 Å². The molecule has 0 bridgehead atoms. The van der Waals surface area contributed by atoms with Gasteiger partial charge in [0, 0.05) is 32.0 Å². The van der Waals surface area contributed by atoms with Crippen LogP contribution >= 0.6 is 0 Å². The first-order chi connectivity index (χ1) is 7.72. The highest BCUT2D eigenvalue weighted by Crippen LogP contribution is 2.07. The first kappa shape index (κ1) is 11.0. The molecular weight excluding hydrogens is 206 g/mol. The van der Waals surface area contributed by atoms with E-state index in [1.54, 1.807) is 17.0 Å². The van der Waals surface area contributed by atoms with Gasteiger partial charge in [0.2, 0.25) is 5.91 Å². The van der Waals surface area contributed by atoms with Crippen molar-refractivity contribution < 1.29 is 4.79 Å². The van der Waals surface area contributed by atoms with Crippen LogP contribution < -0.4 is 5.69 Å². The average molecular weight is 223 g/mol. The van der Waals surface area contributed by atoms with Crippen molar-refractivity contribution in [2.45, 2.75) is 32.9 Å². The van der Waals surface area contributed by atoms with Crippen molar-refractivity contribution in [3.8, 4) is 0 Å². The van der Waals surface area contributed by atoms with Crippen LogP contribution in [0.3, 0.4) is 0 Å². The lowest BCUT2D eigenvalue weighted by molar-refractivity contribution is -0.130. The smallest absolute Gasteiger partial charge is 0.328 e. The Bertz CT molecular complexity index is 427. The third kappa shape index (κ3) is 2.03. The summed E-state index contributed by atoms with van der Waals surface area (Å²) in [7, 11) is 0. The normalized spacial score (nSPS) is 15.7. The molecule has 1 aliphatic heterocycles. The Morgan fingerprint density at radius 2 is 1.88 bits per heavy atom. The molecule has 1 saturated heterocycles. The summed E-state index contributed by atoms with van der Waals surface area (Å²) in [6.07, 6.45) is 5.56. The second kappa shape index (κ2) is 4.55. The van der Waals surface area contributed by atoms with Crippen molar-refractivity contribution in [1.29, 1.82) is 0 Å². The summed E-state index contributed by atoms with van der Waals surface area (Å²) in [5, 5.41) is 0. The summed E-state index contributed by atoms with van der Waals surface area (Å²) in [5.41, 5.74) is -0.102. The number of aryl methyl sites for hydroxylation is 1. The summed E-state index contributed by atoms with van der Waals surface area (Å²) < 4.78 is 3.07. The predicted octanol–water partition coefficient (Wildman–Crippen LogP) is 0.292. The molecule has 5 heteroatoms. The van der Waals surface area contributed by atoms with Gasteiger partial charge in [-0.15, -0.1) is 0 Å². The molecule has 5 nitrogen and oxygen atoms in total. The van der Waals surface area contributed by atoms with Gasteiger partial charge in [-0.2, -0.15) is 0 Å². The molecule has 0 unspecified atom stereocenters. The maximum atomic E-state index is 11.8. The highest BCUT2D eigenvalue weighted by molar-refractivity contribution is 5.76. The molecule has 0 radical (unpaired) electrons. The summed E-state index contributed by atoms with van der Waals surface area (Å²) in [5.74, 6) is 0.0495. The van der Waals surface area contributed by atoms with E-state index in [0.29, 0.717) is 6.54 Å². The molecule has 1 aromatic heterocycles. The summed E-state index contributed by atoms with van der Waals surface area (Å²) in [4.78, 5) is 25.4. The Labute approximate surface area is 94.3 Å². The van der Waals surface area contributed by atoms with Crippen molar-refractivity contribution in [3.63, 3.8) is 0 Å². The van der Waals surface area contributed by atoms with E-state index < -0.39 is 0 Å². The molecular formula is C11H17N3O2. The molecule has 2 rings (SSSR count). The lowest BCUT2D eigenvalue weighted by Gasteiger charge is -2.14. The van der Waals surface area contributed by atoms with Crippen LogP contribution in [0, 0.1) is 0 Å². The van der Waals surface area contributed by atoms with Crippen LogP contribution in [-0.4, -0.2) is 33.0 Å². The van der Waals surface area contributed by atoms with Crippen molar-refractivity contribution in [3.05, 3.63) is 22.9 Å². The fraction of sp³-hybridized carbons (Fsp3) is 0.636.